The van der Waals surface area contributed by atoms with Crippen LogP contribution in [0.3, 0.4) is 0 Å². The van der Waals surface area contributed by atoms with E-state index in [9.17, 15) is 15.0 Å². The number of carbonyl (C=O) groups is 1. The minimum absolute atomic E-state index is 0.00601. The van der Waals surface area contributed by atoms with Gasteiger partial charge in [0.15, 0.2) is 0 Å². The highest BCUT2D eigenvalue weighted by molar-refractivity contribution is 7.99. The molecule has 0 amide bonds. The molecule has 3 N–H and O–H groups in total. The Morgan fingerprint density at radius 2 is 1.70 bits per heavy atom. The molecule has 2 saturated carbocycles. The van der Waals surface area contributed by atoms with Gasteiger partial charge in [0.05, 0.1) is 45.5 Å². The van der Waals surface area contributed by atoms with E-state index in [1.807, 2.05) is 12.1 Å². The third-order valence-electron chi connectivity index (χ3n) is 7.94. The summed E-state index contributed by atoms with van der Waals surface area (Å²) in [4.78, 5) is 12.4. The van der Waals surface area contributed by atoms with Gasteiger partial charge in [0, 0.05) is 27.7 Å². The van der Waals surface area contributed by atoms with Crippen molar-refractivity contribution in [1.82, 2.24) is 0 Å². The first kappa shape index (κ1) is 31.7. The molecular weight excluding hydrogens is 629 g/mol. The van der Waals surface area contributed by atoms with Crippen LogP contribution in [0.25, 0.3) is 0 Å². The van der Waals surface area contributed by atoms with Crippen molar-refractivity contribution in [1.29, 1.82) is 5.41 Å². The average Bonchev–Trinajstić information content (AvgIpc) is 3.82. The van der Waals surface area contributed by atoms with Crippen LogP contribution in [-0.2, 0) is 15.1 Å². The molecule has 0 spiro atoms. The van der Waals surface area contributed by atoms with Crippen molar-refractivity contribution in [2.75, 3.05) is 19.5 Å². The van der Waals surface area contributed by atoms with Crippen LogP contribution in [0, 0.1) is 11.3 Å². The molecule has 3 aromatic carbocycles. The van der Waals surface area contributed by atoms with Crippen molar-refractivity contribution in [3.8, 4) is 5.75 Å². The van der Waals surface area contributed by atoms with Gasteiger partial charge in [-0.2, -0.15) is 0 Å². The molecule has 0 saturated heterocycles. The lowest BCUT2D eigenvalue weighted by atomic mass is 9.65. The first-order valence-electron chi connectivity index (χ1n) is 14.0. The second-order valence-electron chi connectivity index (χ2n) is 10.9. The Morgan fingerprint density at radius 3 is 2.30 bits per heavy atom. The predicted octanol–water partition coefficient (Wildman–Crippen LogP) is 8.74. The Labute approximate surface area is 270 Å². The molecule has 10 heteroatoms. The number of hydrogen-bond donors (Lipinski definition) is 3. The van der Waals surface area contributed by atoms with E-state index >= 15 is 0 Å². The van der Waals surface area contributed by atoms with E-state index in [-0.39, 0.29) is 35.9 Å². The van der Waals surface area contributed by atoms with Gasteiger partial charge in [-0.15, -0.1) is 11.8 Å². The molecule has 0 unspecified atom stereocenters. The van der Waals surface area contributed by atoms with Crippen molar-refractivity contribution in [2.24, 2.45) is 5.92 Å². The molecule has 3 aromatic rings. The molecule has 43 heavy (non-hydrogen) atoms. The number of hydrogen-bond acceptors (Lipinski definition) is 7. The largest absolute Gasteiger partial charge is 0.512 e. The molecule has 0 aromatic heterocycles. The summed E-state index contributed by atoms with van der Waals surface area (Å²) in [7, 11) is 1.39. The molecule has 226 valence electrons. The zero-order valence-corrected chi connectivity index (χ0v) is 26.6. The minimum atomic E-state index is -1.05. The molecule has 0 radical (unpaired) electrons. The average molecular weight is 661 g/mol. The number of benzene rings is 3. The second kappa shape index (κ2) is 13.5. The molecular formula is C33H32Cl3NO5S. The van der Waals surface area contributed by atoms with Crippen LogP contribution in [0.1, 0.15) is 54.7 Å². The lowest BCUT2D eigenvalue weighted by Gasteiger charge is -2.44. The second-order valence-corrected chi connectivity index (χ2v) is 13.3. The van der Waals surface area contributed by atoms with Gasteiger partial charge >= 0.3 is 5.97 Å². The highest BCUT2D eigenvalue weighted by atomic mass is 35.5. The molecule has 2 aliphatic rings. The SMILES string of the molecule is COC(=O)CCSc1ccc(C2CC(O)(c3ccc(OC/C(C(=N)c4c(Cl)cccc4Cl)=C(/O)C4CC4)cc3Cl)C2)cc1. The van der Waals surface area contributed by atoms with Gasteiger partial charge in [-0.3, -0.25) is 10.2 Å². The molecule has 0 heterocycles. The van der Waals surface area contributed by atoms with Gasteiger partial charge in [0.1, 0.15) is 18.1 Å². The fourth-order valence-corrected chi connectivity index (χ4v) is 7.05. The Hall–Kier alpha value is -2.68. The van der Waals surface area contributed by atoms with Gasteiger partial charge in [0.25, 0.3) is 0 Å². The van der Waals surface area contributed by atoms with Gasteiger partial charge in [-0.05, 0) is 73.6 Å². The standard InChI is InChI=1S/C33H32Cl3NO5S/c1-41-29(38)13-14-43-23-10-7-19(8-11-23)21-16-33(40,17-21)25-12-9-22(15-28(25)36)42-18-24(32(39)20-5-6-20)31(37)30-26(34)3-2-4-27(30)35/h2-4,7-12,15,20-21,37,39-40H,5-6,13-14,16-18H2,1H3/b32-24-,37-31?. The topological polar surface area (TPSA) is 99.8 Å². The van der Waals surface area contributed by atoms with E-state index in [4.69, 9.17) is 44.9 Å². The molecule has 0 aliphatic heterocycles. The highest BCUT2D eigenvalue weighted by Crippen LogP contribution is 2.52. The van der Waals surface area contributed by atoms with Crippen LogP contribution in [0.5, 0.6) is 5.75 Å². The summed E-state index contributed by atoms with van der Waals surface area (Å²) in [5.74, 6) is 1.20. The van der Waals surface area contributed by atoms with Gasteiger partial charge in [-0.25, -0.2) is 0 Å². The van der Waals surface area contributed by atoms with E-state index in [1.165, 1.54) is 7.11 Å². The monoisotopic (exact) mass is 659 g/mol. The van der Waals surface area contributed by atoms with Crippen molar-refractivity contribution in [2.45, 2.75) is 48.5 Å². The summed E-state index contributed by atoms with van der Waals surface area (Å²) in [5, 5.41) is 32.1. The quantitative estimate of drug-likeness (QED) is 0.0778. The first-order valence-corrected chi connectivity index (χ1v) is 16.1. The Bertz CT molecular complexity index is 1530. The lowest BCUT2D eigenvalue weighted by Crippen LogP contribution is -2.40. The van der Waals surface area contributed by atoms with Crippen molar-refractivity contribution in [3.63, 3.8) is 0 Å². The Morgan fingerprint density at radius 1 is 1.02 bits per heavy atom. The van der Waals surface area contributed by atoms with Crippen LogP contribution >= 0.6 is 46.6 Å². The van der Waals surface area contributed by atoms with Crippen LogP contribution in [-0.4, -0.2) is 41.4 Å². The number of methoxy groups -OCH3 is 1. The fraction of sp³-hybridized carbons (Fsp3) is 0.333. The van der Waals surface area contributed by atoms with Crippen LogP contribution < -0.4 is 4.74 Å². The van der Waals surface area contributed by atoms with Gasteiger partial charge in [-0.1, -0.05) is 59.1 Å². The molecule has 0 atom stereocenters. The first-order chi connectivity index (χ1) is 20.6. The molecule has 5 rings (SSSR count). The van der Waals surface area contributed by atoms with E-state index in [0.29, 0.717) is 62.5 Å². The summed E-state index contributed by atoms with van der Waals surface area (Å²) in [5.41, 5.74) is 1.43. The molecule has 0 bridgehead atoms. The normalized spacial score (nSPS) is 20.2. The van der Waals surface area contributed by atoms with Crippen molar-refractivity contribution < 1.29 is 24.5 Å². The fourth-order valence-electron chi connectivity index (χ4n) is 5.28. The summed E-state index contributed by atoms with van der Waals surface area (Å²) < 4.78 is 10.7. The molecule has 6 nitrogen and oxygen atoms in total. The van der Waals surface area contributed by atoms with E-state index in [2.05, 4.69) is 16.9 Å². The van der Waals surface area contributed by atoms with Crippen LogP contribution in [0.15, 0.2) is 76.9 Å². The Kier molecular flexibility index (Phi) is 9.99. The van der Waals surface area contributed by atoms with Crippen molar-refractivity contribution >= 4 is 58.2 Å². The number of aliphatic hydroxyl groups excluding tert-OH is 1. The summed E-state index contributed by atoms with van der Waals surface area (Å²) in [6.45, 7) is -0.0678. The lowest BCUT2D eigenvalue weighted by molar-refractivity contribution is -0.140. The van der Waals surface area contributed by atoms with Gasteiger partial charge < -0.3 is 19.7 Å². The predicted molar refractivity (Wildman–Crippen MR) is 172 cm³/mol. The number of aliphatic hydroxyl groups is 2. The molecule has 2 fully saturated rings. The molecule has 2 aliphatic carbocycles. The summed E-state index contributed by atoms with van der Waals surface area (Å²) in [6.07, 6.45) is 3.14. The smallest absolute Gasteiger partial charge is 0.306 e. The number of nitrogens with one attached hydrogen (secondary N) is 1. The van der Waals surface area contributed by atoms with Crippen LogP contribution in [0.2, 0.25) is 15.1 Å². The van der Waals surface area contributed by atoms with Crippen LogP contribution in [0.4, 0.5) is 0 Å². The number of ether oxygens (including phenoxy) is 2. The highest BCUT2D eigenvalue weighted by Gasteiger charge is 2.45. The zero-order chi connectivity index (χ0) is 30.7. The maximum absolute atomic E-state index is 11.4. The third-order valence-corrected chi connectivity index (χ3v) is 9.89. The summed E-state index contributed by atoms with van der Waals surface area (Å²) in [6, 6.07) is 18.4. The number of thioether (sulfide) groups is 1. The van der Waals surface area contributed by atoms with E-state index in [1.54, 1.807) is 48.2 Å². The maximum atomic E-state index is 11.4. The van der Waals surface area contributed by atoms with Crippen molar-refractivity contribution in [3.05, 3.63) is 104 Å². The number of halogens is 3. The summed E-state index contributed by atoms with van der Waals surface area (Å²) >= 11 is 20.9. The number of carbonyl (C=O) groups excluding carboxylic acids is 1. The van der Waals surface area contributed by atoms with Gasteiger partial charge in [0.2, 0.25) is 0 Å². The van der Waals surface area contributed by atoms with E-state index in [0.717, 1.165) is 23.3 Å². The Balaban J connectivity index is 1.22. The number of allylic oxidation sites excluding steroid dienone is 1. The third kappa shape index (κ3) is 7.35. The minimum Gasteiger partial charge on any atom is -0.512 e. The number of esters is 1. The van der Waals surface area contributed by atoms with E-state index < -0.39 is 5.60 Å². The number of rotatable bonds is 12. The maximum Gasteiger partial charge on any atom is 0.306 e. The zero-order valence-electron chi connectivity index (χ0n) is 23.5.